The van der Waals surface area contributed by atoms with Crippen LogP contribution in [0.25, 0.3) is 11.0 Å². The summed E-state index contributed by atoms with van der Waals surface area (Å²) in [6.07, 6.45) is -1.90. The fraction of sp³-hybridized carbons (Fsp3) is 0.400. The molecule has 3 aromatic rings. The number of carbonyl (C=O) groups excluding carboxylic acids is 2. The Morgan fingerprint density at radius 1 is 1.14 bits per heavy atom. The summed E-state index contributed by atoms with van der Waals surface area (Å²) >= 11 is 0. The highest BCUT2D eigenvalue weighted by atomic mass is 19.4. The van der Waals surface area contributed by atoms with Gasteiger partial charge in [0.25, 0.3) is 5.91 Å². The van der Waals surface area contributed by atoms with E-state index in [0.29, 0.717) is 48.8 Å². The largest absolute Gasteiger partial charge is 0.416 e. The van der Waals surface area contributed by atoms with Gasteiger partial charge in [0.15, 0.2) is 0 Å². The zero-order valence-electron chi connectivity index (χ0n) is 19.5. The lowest BCUT2D eigenvalue weighted by molar-refractivity contribution is -0.137. The van der Waals surface area contributed by atoms with Crippen molar-refractivity contribution in [3.63, 3.8) is 0 Å². The number of carbonyl (C=O) groups is 2. The van der Waals surface area contributed by atoms with Crippen LogP contribution in [-0.2, 0) is 17.5 Å². The number of aromatic nitrogens is 2. The van der Waals surface area contributed by atoms with Crippen LogP contribution in [0.1, 0.15) is 35.2 Å². The molecule has 1 saturated heterocycles. The zero-order valence-corrected chi connectivity index (χ0v) is 19.5. The van der Waals surface area contributed by atoms with Gasteiger partial charge in [-0.05, 0) is 55.7 Å². The molecule has 2 aromatic carbocycles. The summed E-state index contributed by atoms with van der Waals surface area (Å²) in [7, 11) is 0. The molecule has 0 unspecified atom stereocenters. The Hall–Kier alpha value is -3.44. The molecule has 2 N–H and O–H groups in total. The van der Waals surface area contributed by atoms with E-state index in [0.717, 1.165) is 31.5 Å². The van der Waals surface area contributed by atoms with E-state index in [2.05, 4.69) is 15.2 Å². The number of nitrogens with one attached hydrogen (secondary N) is 1. The molecule has 1 aromatic heterocycles. The summed E-state index contributed by atoms with van der Waals surface area (Å²) in [5.74, 6) is -0.554. The maximum atomic E-state index is 13.1. The minimum atomic E-state index is -4.57. The number of imidazole rings is 1. The molecule has 0 spiro atoms. The van der Waals surface area contributed by atoms with E-state index in [-0.39, 0.29) is 24.0 Å². The van der Waals surface area contributed by atoms with Gasteiger partial charge in [-0.1, -0.05) is 6.07 Å². The van der Waals surface area contributed by atoms with Crippen molar-refractivity contribution >= 4 is 34.5 Å². The van der Waals surface area contributed by atoms with Crippen molar-refractivity contribution < 1.29 is 27.9 Å². The van der Waals surface area contributed by atoms with Crippen LogP contribution < -0.4 is 10.2 Å². The van der Waals surface area contributed by atoms with Gasteiger partial charge in [-0.25, -0.2) is 4.98 Å². The first-order valence-electron chi connectivity index (χ1n) is 11.9. The average Bonchev–Trinajstić information content (AvgIpc) is 3.65. The van der Waals surface area contributed by atoms with Crippen molar-refractivity contribution in [3.05, 3.63) is 53.6 Å². The molecule has 2 aliphatic rings. The van der Waals surface area contributed by atoms with Crippen LogP contribution in [0, 0.1) is 0 Å². The molecule has 0 atom stereocenters. The summed E-state index contributed by atoms with van der Waals surface area (Å²) in [6, 6.07) is 10.1. The molecule has 190 valence electrons. The van der Waals surface area contributed by atoms with Crippen molar-refractivity contribution in [3.8, 4) is 0 Å². The lowest BCUT2D eigenvalue weighted by Gasteiger charge is -2.34. The first-order valence-corrected chi connectivity index (χ1v) is 11.9. The SMILES string of the molecule is O=C(Nc1nc2cc(N3CCN(C4CC4)CC3=O)ccc2n1CCCO)c1cccc(C(F)(F)F)c1. The van der Waals surface area contributed by atoms with Gasteiger partial charge in [-0.15, -0.1) is 0 Å². The van der Waals surface area contributed by atoms with Crippen LogP contribution in [0.15, 0.2) is 42.5 Å². The summed E-state index contributed by atoms with van der Waals surface area (Å²) in [5.41, 5.74) is 0.841. The molecule has 1 aliphatic heterocycles. The number of amides is 2. The smallest absolute Gasteiger partial charge is 0.396 e. The molecule has 1 aliphatic carbocycles. The number of anilines is 2. The van der Waals surface area contributed by atoms with Gasteiger partial charge in [0.1, 0.15) is 0 Å². The van der Waals surface area contributed by atoms with Crippen LogP contribution >= 0.6 is 0 Å². The number of piperazine rings is 1. The number of aliphatic hydroxyl groups excluding tert-OH is 1. The molecular weight excluding hydrogens is 475 g/mol. The molecule has 0 bridgehead atoms. The fourth-order valence-corrected chi connectivity index (χ4v) is 4.56. The van der Waals surface area contributed by atoms with Gasteiger partial charge in [0, 0.05) is 43.5 Å². The number of rotatable bonds is 7. The van der Waals surface area contributed by atoms with Gasteiger partial charge in [-0.3, -0.25) is 19.8 Å². The minimum absolute atomic E-state index is 0.0188. The van der Waals surface area contributed by atoms with Crippen molar-refractivity contribution in [1.29, 1.82) is 0 Å². The maximum Gasteiger partial charge on any atom is 0.416 e. The molecule has 1 saturated carbocycles. The van der Waals surface area contributed by atoms with Crippen LogP contribution in [0.5, 0.6) is 0 Å². The van der Waals surface area contributed by atoms with E-state index in [4.69, 9.17) is 0 Å². The van der Waals surface area contributed by atoms with Crippen molar-refractivity contribution in [2.45, 2.75) is 38.0 Å². The summed E-state index contributed by atoms with van der Waals surface area (Å²) < 4.78 is 40.9. The molecule has 36 heavy (non-hydrogen) atoms. The molecule has 2 fully saturated rings. The van der Waals surface area contributed by atoms with Crippen LogP contribution in [0.3, 0.4) is 0 Å². The number of aryl methyl sites for hydroxylation is 1. The number of nitrogens with zero attached hydrogens (tertiary/aromatic N) is 4. The summed E-state index contributed by atoms with van der Waals surface area (Å²) in [5, 5.41) is 11.9. The number of hydrogen-bond acceptors (Lipinski definition) is 5. The Bertz CT molecular complexity index is 1300. The number of halogens is 3. The Kier molecular flexibility index (Phi) is 6.44. The first kappa shape index (κ1) is 24.3. The summed E-state index contributed by atoms with van der Waals surface area (Å²) in [6.45, 7) is 2.01. The highest BCUT2D eigenvalue weighted by molar-refractivity contribution is 6.04. The normalized spacial score (nSPS) is 17.1. The van der Waals surface area contributed by atoms with Gasteiger partial charge in [0.05, 0.1) is 23.1 Å². The third-order valence-corrected chi connectivity index (χ3v) is 6.57. The average molecular weight is 502 g/mol. The Morgan fingerprint density at radius 2 is 1.94 bits per heavy atom. The van der Waals surface area contributed by atoms with Crippen molar-refractivity contribution in [2.75, 3.05) is 36.5 Å². The zero-order chi connectivity index (χ0) is 25.4. The predicted octanol–water partition coefficient (Wildman–Crippen LogP) is 3.50. The quantitative estimate of drug-likeness (QED) is 0.517. The topological polar surface area (TPSA) is 90.7 Å². The predicted molar refractivity (Wildman–Crippen MR) is 128 cm³/mol. The highest BCUT2D eigenvalue weighted by Crippen LogP contribution is 2.32. The maximum absolute atomic E-state index is 13.1. The molecule has 8 nitrogen and oxygen atoms in total. The molecule has 11 heteroatoms. The number of aliphatic hydroxyl groups is 1. The Morgan fingerprint density at radius 3 is 2.64 bits per heavy atom. The van der Waals surface area contributed by atoms with Crippen molar-refractivity contribution in [2.24, 2.45) is 0 Å². The van der Waals surface area contributed by atoms with E-state index in [1.165, 1.54) is 12.1 Å². The van der Waals surface area contributed by atoms with Crippen LogP contribution in [0.2, 0.25) is 0 Å². The van der Waals surface area contributed by atoms with E-state index in [1.54, 1.807) is 21.6 Å². The van der Waals surface area contributed by atoms with E-state index < -0.39 is 17.6 Å². The highest BCUT2D eigenvalue weighted by Gasteiger charge is 2.35. The molecule has 5 rings (SSSR count). The van der Waals surface area contributed by atoms with Crippen molar-refractivity contribution in [1.82, 2.24) is 14.5 Å². The van der Waals surface area contributed by atoms with Gasteiger partial charge >= 0.3 is 6.18 Å². The number of hydrogen-bond donors (Lipinski definition) is 2. The molecule has 0 radical (unpaired) electrons. The number of alkyl halides is 3. The monoisotopic (exact) mass is 501 g/mol. The molecule has 2 heterocycles. The Labute approximate surface area is 205 Å². The van der Waals surface area contributed by atoms with E-state index in [1.807, 2.05) is 6.07 Å². The van der Waals surface area contributed by atoms with Gasteiger partial charge in [0.2, 0.25) is 11.9 Å². The first-order chi connectivity index (χ1) is 17.2. The molecule has 2 amide bonds. The Balaban J connectivity index is 1.42. The van der Waals surface area contributed by atoms with Gasteiger partial charge in [-0.2, -0.15) is 13.2 Å². The number of benzene rings is 2. The van der Waals surface area contributed by atoms with Crippen LogP contribution in [0.4, 0.5) is 24.8 Å². The number of fused-ring (bicyclic) bond motifs is 1. The molecular formula is C25H26F3N5O3. The summed E-state index contributed by atoms with van der Waals surface area (Å²) in [4.78, 5) is 34.0. The van der Waals surface area contributed by atoms with Gasteiger partial charge < -0.3 is 14.6 Å². The van der Waals surface area contributed by atoms with E-state index >= 15 is 0 Å². The fourth-order valence-electron chi connectivity index (χ4n) is 4.56. The lowest BCUT2D eigenvalue weighted by atomic mass is 10.1. The standard InChI is InChI=1S/C25H26F3N5O3/c26-25(27,28)17-4-1-3-16(13-17)23(36)30-24-29-20-14-19(7-8-21(20)33(24)9-2-12-34)32-11-10-31(15-22(32)35)18-5-6-18/h1,3-4,7-8,13-14,18,34H,2,5-6,9-12,15H2,(H,29,30,36). The third kappa shape index (κ3) is 4.93. The lowest BCUT2D eigenvalue weighted by Crippen LogP contribution is -2.51. The second-order valence-electron chi connectivity index (χ2n) is 9.12. The third-order valence-electron chi connectivity index (χ3n) is 6.57. The second kappa shape index (κ2) is 9.55. The second-order valence-corrected chi connectivity index (χ2v) is 9.12. The van der Waals surface area contributed by atoms with E-state index in [9.17, 15) is 27.9 Å². The van der Waals surface area contributed by atoms with Crippen LogP contribution in [-0.4, -0.2) is 63.7 Å². The minimum Gasteiger partial charge on any atom is -0.396 e.